The smallest absolute Gasteiger partial charge is 0.243 e. The van der Waals surface area contributed by atoms with E-state index in [2.05, 4.69) is 14.7 Å². The number of pyridine rings is 2. The normalized spacial score (nSPS) is 11.4. The molecule has 0 amide bonds. The number of rotatable bonds is 5. The maximum atomic E-state index is 12.0. The Morgan fingerprint density at radius 2 is 1.89 bits per heavy atom. The topological polar surface area (TPSA) is 72.0 Å². The van der Waals surface area contributed by atoms with Crippen LogP contribution in [0.5, 0.6) is 0 Å². The highest BCUT2D eigenvalue weighted by Crippen LogP contribution is 2.17. The van der Waals surface area contributed by atoms with Gasteiger partial charge in [-0.1, -0.05) is 11.6 Å². The zero-order chi connectivity index (χ0) is 13.7. The van der Waals surface area contributed by atoms with Crippen LogP contribution in [0, 0.1) is 0 Å². The quantitative estimate of drug-likeness (QED) is 0.852. The first-order valence-corrected chi connectivity index (χ1v) is 7.45. The van der Waals surface area contributed by atoms with Gasteiger partial charge in [0.2, 0.25) is 10.0 Å². The molecule has 19 heavy (non-hydrogen) atoms. The lowest BCUT2D eigenvalue weighted by molar-refractivity contribution is 0.581. The third-order valence-corrected chi connectivity index (χ3v) is 4.38. The molecule has 100 valence electrons. The van der Waals surface area contributed by atoms with Crippen LogP contribution in [0.1, 0.15) is 5.56 Å². The zero-order valence-corrected chi connectivity index (χ0v) is 11.5. The summed E-state index contributed by atoms with van der Waals surface area (Å²) in [4.78, 5) is 7.64. The number of nitrogens with one attached hydrogen (secondary N) is 1. The summed E-state index contributed by atoms with van der Waals surface area (Å²) in [5.41, 5.74) is 1.01. The molecule has 0 aliphatic heterocycles. The Kier molecular flexibility index (Phi) is 4.47. The summed E-state index contributed by atoms with van der Waals surface area (Å²) < 4.78 is 26.5. The first-order chi connectivity index (χ1) is 9.09. The molecule has 0 fully saturated rings. The van der Waals surface area contributed by atoms with Crippen LogP contribution in [0.25, 0.3) is 0 Å². The molecule has 5 nitrogen and oxygen atoms in total. The number of halogens is 1. The van der Waals surface area contributed by atoms with Gasteiger partial charge in [-0.3, -0.25) is 4.98 Å². The molecule has 0 aromatic carbocycles. The van der Waals surface area contributed by atoms with Crippen molar-refractivity contribution in [2.75, 3.05) is 6.54 Å². The summed E-state index contributed by atoms with van der Waals surface area (Å²) in [6.07, 6.45) is 5.36. The van der Waals surface area contributed by atoms with Crippen molar-refractivity contribution in [2.45, 2.75) is 11.3 Å². The van der Waals surface area contributed by atoms with Gasteiger partial charge in [-0.2, -0.15) is 0 Å². The van der Waals surface area contributed by atoms with Gasteiger partial charge in [-0.25, -0.2) is 18.1 Å². The fourth-order valence-corrected chi connectivity index (χ4v) is 3.01. The van der Waals surface area contributed by atoms with Crippen LogP contribution in [-0.2, 0) is 16.4 Å². The van der Waals surface area contributed by atoms with Gasteiger partial charge in [0.1, 0.15) is 10.0 Å². The third kappa shape index (κ3) is 3.73. The minimum atomic E-state index is -3.62. The fraction of sp³-hybridized carbons (Fsp3) is 0.167. The van der Waals surface area contributed by atoms with E-state index in [9.17, 15) is 8.42 Å². The molecule has 2 rings (SSSR count). The molecule has 0 atom stereocenters. The van der Waals surface area contributed by atoms with E-state index < -0.39 is 10.0 Å². The van der Waals surface area contributed by atoms with Gasteiger partial charge in [-0.05, 0) is 36.2 Å². The summed E-state index contributed by atoms with van der Waals surface area (Å²) in [7, 11) is -3.62. The molecule has 0 radical (unpaired) electrons. The van der Waals surface area contributed by atoms with Crippen LogP contribution >= 0.6 is 11.6 Å². The van der Waals surface area contributed by atoms with E-state index >= 15 is 0 Å². The number of aromatic nitrogens is 2. The zero-order valence-electron chi connectivity index (χ0n) is 9.95. The summed E-state index contributed by atoms with van der Waals surface area (Å²) in [5, 5.41) is -0.0288. The highest BCUT2D eigenvalue weighted by atomic mass is 35.5. The Morgan fingerprint density at radius 3 is 2.58 bits per heavy atom. The molecule has 0 aliphatic rings. The van der Waals surface area contributed by atoms with E-state index in [1.165, 1.54) is 18.3 Å². The van der Waals surface area contributed by atoms with E-state index in [-0.39, 0.29) is 16.6 Å². The van der Waals surface area contributed by atoms with Crippen molar-refractivity contribution in [2.24, 2.45) is 0 Å². The summed E-state index contributed by atoms with van der Waals surface area (Å²) in [6, 6.07) is 6.63. The summed E-state index contributed by atoms with van der Waals surface area (Å²) in [5.74, 6) is 0. The fourth-order valence-electron chi connectivity index (χ4n) is 1.53. The standard InChI is InChI=1S/C12H12ClN3O2S/c13-12-11(2-1-6-15-12)19(17,18)16-9-5-10-3-7-14-8-4-10/h1-4,6-8,16H,5,9H2. The highest BCUT2D eigenvalue weighted by Gasteiger charge is 2.17. The SMILES string of the molecule is O=S(=O)(NCCc1ccncc1)c1cccnc1Cl. The average molecular weight is 298 g/mol. The van der Waals surface area contributed by atoms with Crippen LogP contribution in [0.15, 0.2) is 47.8 Å². The molecule has 2 heterocycles. The Balaban J connectivity index is 2.01. The van der Waals surface area contributed by atoms with Crippen LogP contribution in [-0.4, -0.2) is 24.9 Å². The van der Waals surface area contributed by atoms with Crippen molar-refractivity contribution < 1.29 is 8.42 Å². The van der Waals surface area contributed by atoms with Crippen molar-refractivity contribution in [3.63, 3.8) is 0 Å². The molecular weight excluding hydrogens is 286 g/mol. The monoisotopic (exact) mass is 297 g/mol. The Hall–Kier alpha value is -1.50. The molecule has 2 aromatic rings. The van der Waals surface area contributed by atoms with Gasteiger partial charge in [-0.15, -0.1) is 0 Å². The van der Waals surface area contributed by atoms with Gasteiger partial charge < -0.3 is 0 Å². The third-order valence-electron chi connectivity index (χ3n) is 2.47. The van der Waals surface area contributed by atoms with Crippen molar-refractivity contribution in [3.8, 4) is 0 Å². The molecule has 0 aliphatic carbocycles. The lowest BCUT2D eigenvalue weighted by Crippen LogP contribution is -2.26. The molecule has 0 saturated carbocycles. The van der Waals surface area contributed by atoms with Crippen molar-refractivity contribution in [3.05, 3.63) is 53.6 Å². The molecule has 0 spiro atoms. The Labute approximate surface area is 116 Å². The molecule has 0 saturated heterocycles. The predicted octanol–water partition coefficient (Wildman–Crippen LogP) is 1.65. The van der Waals surface area contributed by atoms with Crippen molar-refractivity contribution >= 4 is 21.6 Å². The number of nitrogens with zero attached hydrogens (tertiary/aromatic N) is 2. The van der Waals surface area contributed by atoms with E-state index in [0.717, 1.165) is 5.56 Å². The lowest BCUT2D eigenvalue weighted by Gasteiger charge is -2.07. The van der Waals surface area contributed by atoms with Gasteiger partial charge in [0.05, 0.1) is 0 Å². The summed E-state index contributed by atoms with van der Waals surface area (Å²) in [6.45, 7) is 0.289. The molecule has 1 N–H and O–H groups in total. The van der Waals surface area contributed by atoms with Crippen molar-refractivity contribution in [1.29, 1.82) is 0 Å². The number of hydrogen-bond donors (Lipinski definition) is 1. The molecule has 7 heteroatoms. The highest BCUT2D eigenvalue weighted by molar-refractivity contribution is 7.89. The second-order valence-electron chi connectivity index (χ2n) is 3.80. The maximum absolute atomic E-state index is 12.0. The van der Waals surface area contributed by atoms with Gasteiger partial charge >= 0.3 is 0 Å². The first kappa shape index (κ1) is 13.9. The second-order valence-corrected chi connectivity index (χ2v) is 5.89. The van der Waals surface area contributed by atoms with Gasteiger partial charge in [0, 0.05) is 25.1 Å². The van der Waals surface area contributed by atoms with Crippen LogP contribution < -0.4 is 4.72 Å². The Bertz CT molecular complexity index is 647. The molecular formula is C12H12ClN3O2S. The second kappa shape index (κ2) is 6.10. The number of hydrogen-bond acceptors (Lipinski definition) is 4. The summed E-state index contributed by atoms with van der Waals surface area (Å²) >= 11 is 5.77. The van der Waals surface area contributed by atoms with Gasteiger partial charge in [0.15, 0.2) is 0 Å². The van der Waals surface area contributed by atoms with E-state index in [1.807, 2.05) is 12.1 Å². The van der Waals surface area contributed by atoms with Crippen molar-refractivity contribution in [1.82, 2.24) is 14.7 Å². The van der Waals surface area contributed by atoms with Gasteiger partial charge in [0.25, 0.3) is 0 Å². The van der Waals surface area contributed by atoms with Crippen LogP contribution in [0.2, 0.25) is 5.15 Å². The van der Waals surface area contributed by atoms with E-state index in [4.69, 9.17) is 11.6 Å². The lowest BCUT2D eigenvalue weighted by atomic mass is 10.2. The molecule has 0 unspecified atom stereocenters. The van der Waals surface area contributed by atoms with E-state index in [1.54, 1.807) is 12.4 Å². The molecule has 2 aromatic heterocycles. The average Bonchev–Trinajstić information content (AvgIpc) is 2.40. The van der Waals surface area contributed by atoms with Crippen LogP contribution in [0.3, 0.4) is 0 Å². The van der Waals surface area contributed by atoms with Crippen LogP contribution in [0.4, 0.5) is 0 Å². The first-order valence-electron chi connectivity index (χ1n) is 5.59. The minimum Gasteiger partial charge on any atom is -0.265 e. The predicted molar refractivity (Wildman–Crippen MR) is 72.4 cm³/mol. The Morgan fingerprint density at radius 1 is 1.16 bits per heavy atom. The molecule has 0 bridgehead atoms. The van der Waals surface area contributed by atoms with E-state index in [0.29, 0.717) is 6.42 Å². The largest absolute Gasteiger partial charge is 0.265 e. The maximum Gasteiger partial charge on any atom is 0.243 e. The number of sulfonamides is 1. The minimum absolute atomic E-state index is 0.00797.